The van der Waals surface area contributed by atoms with Gasteiger partial charge in [0.15, 0.2) is 23.3 Å². The molecule has 0 spiro atoms. The van der Waals surface area contributed by atoms with E-state index in [1.807, 2.05) is 0 Å². The van der Waals surface area contributed by atoms with Crippen LogP contribution in [0.4, 0.5) is 39.5 Å². The molecule has 11 heteroatoms. The lowest BCUT2D eigenvalue weighted by Gasteiger charge is -2.72. The zero-order valence-corrected chi connectivity index (χ0v) is 12.3. The maximum absolute atomic E-state index is 15.3. The van der Waals surface area contributed by atoms with Gasteiger partial charge in [-0.05, 0) is 12.8 Å². The van der Waals surface area contributed by atoms with E-state index in [0.717, 1.165) is 0 Å². The Balaban J connectivity index is 2.09. The van der Waals surface area contributed by atoms with Crippen molar-refractivity contribution in [3.63, 3.8) is 0 Å². The maximum atomic E-state index is 15.3. The van der Waals surface area contributed by atoms with E-state index in [1.54, 1.807) is 0 Å². The Labute approximate surface area is 138 Å². The first-order chi connectivity index (χ1) is 11.8. The van der Waals surface area contributed by atoms with E-state index in [1.165, 1.54) is 0 Å². The van der Waals surface area contributed by atoms with Gasteiger partial charge in [-0.2, -0.15) is 0 Å². The van der Waals surface area contributed by atoms with Crippen LogP contribution in [0, 0.1) is 35.0 Å². The van der Waals surface area contributed by atoms with Gasteiger partial charge < -0.3 is 10.2 Å². The molecule has 1 aromatic carbocycles. The summed E-state index contributed by atoms with van der Waals surface area (Å²) in [6.07, 6.45) is -2.57. The average Bonchev–Trinajstić information content (AvgIpc) is 2.56. The molecule has 0 heterocycles. The van der Waals surface area contributed by atoms with Crippen LogP contribution in [-0.2, 0) is 0 Å². The number of hydrogen-bond donors (Lipinski definition) is 2. The van der Waals surface area contributed by atoms with Crippen molar-refractivity contribution in [3.8, 4) is 0 Å². The van der Waals surface area contributed by atoms with E-state index in [9.17, 15) is 45.3 Å². The van der Waals surface area contributed by atoms with E-state index >= 15 is 4.39 Å². The molecular weight excluding hydrogens is 383 g/mol. The molecule has 2 unspecified atom stereocenters. The first-order valence-electron chi connectivity index (χ1n) is 7.21. The van der Waals surface area contributed by atoms with Crippen LogP contribution in [0.1, 0.15) is 18.4 Å². The smallest absolute Gasteiger partial charge is 0.240 e. The molecule has 5 aliphatic carbocycles. The minimum atomic E-state index is -4.36. The molecule has 142 valence electrons. The summed E-state index contributed by atoms with van der Waals surface area (Å²) in [5.41, 5.74) is -16.5. The van der Waals surface area contributed by atoms with E-state index in [0.29, 0.717) is 0 Å². The van der Waals surface area contributed by atoms with Gasteiger partial charge in [0.05, 0.1) is 5.56 Å². The van der Waals surface area contributed by atoms with Crippen LogP contribution in [0.5, 0.6) is 0 Å². The van der Waals surface area contributed by atoms with Gasteiger partial charge in [0.1, 0.15) is 5.83 Å². The first kappa shape index (κ1) is 17.7. The SMILES string of the molecule is OC1(O)C2(F)CC3CC1(F)C2(F)C(c1c(F)c(F)c(F)c(F)c1F)=C3F. The van der Waals surface area contributed by atoms with Crippen LogP contribution in [0.25, 0.3) is 5.57 Å². The molecule has 0 aromatic heterocycles. The molecule has 2 atom stereocenters. The molecule has 5 aliphatic rings. The van der Waals surface area contributed by atoms with Gasteiger partial charge in [-0.1, -0.05) is 0 Å². The van der Waals surface area contributed by atoms with Crippen LogP contribution in [0.2, 0.25) is 0 Å². The topological polar surface area (TPSA) is 40.5 Å². The monoisotopic (exact) mass is 390 g/mol. The standard InChI is InChI=1S/C15H7F9O2/c16-6-3-1-12(22)14(24,13(23,2-3)15(12,25)26)5(6)4-7(17)9(19)11(21)10(20)8(4)18/h3,25-26H,1-2H2. The predicted octanol–water partition coefficient (Wildman–Crippen LogP) is 3.31. The zero-order chi connectivity index (χ0) is 19.6. The van der Waals surface area contributed by atoms with Gasteiger partial charge in [0.2, 0.25) is 28.6 Å². The highest BCUT2D eigenvalue weighted by molar-refractivity contribution is 5.84. The largest absolute Gasteiger partial charge is 0.360 e. The number of rotatable bonds is 1. The van der Waals surface area contributed by atoms with E-state index in [4.69, 9.17) is 0 Å². The number of hydrogen-bond acceptors (Lipinski definition) is 2. The Morgan fingerprint density at radius 2 is 1.08 bits per heavy atom. The van der Waals surface area contributed by atoms with Crippen LogP contribution in [0.3, 0.4) is 0 Å². The van der Waals surface area contributed by atoms with Crippen LogP contribution < -0.4 is 0 Å². The molecule has 0 radical (unpaired) electrons. The fourth-order valence-electron chi connectivity index (χ4n) is 4.42. The highest BCUT2D eigenvalue weighted by Gasteiger charge is 2.98. The van der Waals surface area contributed by atoms with Crippen LogP contribution in [0.15, 0.2) is 5.83 Å². The van der Waals surface area contributed by atoms with Gasteiger partial charge in [-0.25, -0.2) is 39.5 Å². The van der Waals surface area contributed by atoms with Crippen molar-refractivity contribution in [1.82, 2.24) is 0 Å². The number of alkyl halides is 3. The van der Waals surface area contributed by atoms with Crippen molar-refractivity contribution in [1.29, 1.82) is 0 Å². The summed E-state index contributed by atoms with van der Waals surface area (Å²) in [4.78, 5) is 0. The Morgan fingerprint density at radius 3 is 1.50 bits per heavy atom. The summed E-state index contributed by atoms with van der Waals surface area (Å²) < 4.78 is 127. The summed E-state index contributed by atoms with van der Waals surface area (Å²) in [7, 11) is 0. The number of halogens is 9. The highest BCUT2D eigenvalue weighted by Crippen LogP contribution is 2.78. The third-order valence-electron chi connectivity index (χ3n) is 5.65. The third kappa shape index (κ3) is 1.35. The van der Waals surface area contributed by atoms with E-state index in [2.05, 4.69) is 0 Å². The second-order valence-corrected chi connectivity index (χ2v) is 6.71. The third-order valence-corrected chi connectivity index (χ3v) is 5.65. The predicted molar refractivity (Wildman–Crippen MR) is 65.7 cm³/mol. The summed E-state index contributed by atoms with van der Waals surface area (Å²) in [6, 6.07) is 0. The van der Waals surface area contributed by atoms with E-state index in [-0.39, 0.29) is 0 Å². The molecule has 3 fully saturated rings. The number of allylic oxidation sites excluding steroid dienone is 2. The van der Waals surface area contributed by atoms with Crippen LogP contribution in [-0.4, -0.2) is 33.0 Å². The Bertz CT molecular complexity index is 860. The molecule has 3 saturated carbocycles. The fraction of sp³-hybridized carbons (Fsp3) is 0.467. The number of aliphatic hydroxyl groups is 2. The lowest BCUT2D eigenvalue weighted by atomic mass is 9.38. The zero-order valence-electron chi connectivity index (χ0n) is 12.3. The Kier molecular flexibility index (Phi) is 2.98. The van der Waals surface area contributed by atoms with Gasteiger partial charge in [-0.3, -0.25) is 0 Å². The lowest BCUT2D eigenvalue weighted by molar-refractivity contribution is -0.460. The quantitative estimate of drug-likeness (QED) is 0.334. The normalized spacial score (nSPS) is 40.0. The second-order valence-electron chi connectivity index (χ2n) is 6.71. The van der Waals surface area contributed by atoms with Crippen molar-refractivity contribution < 1.29 is 49.7 Å². The van der Waals surface area contributed by atoms with Crippen LogP contribution >= 0.6 is 0 Å². The Hall–Kier alpha value is -1.75. The first-order valence-corrected chi connectivity index (χ1v) is 7.21. The molecule has 6 rings (SSSR count). The second kappa shape index (κ2) is 4.38. The van der Waals surface area contributed by atoms with Gasteiger partial charge in [0.25, 0.3) is 0 Å². The number of benzene rings is 1. The van der Waals surface area contributed by atoms with Gasteiger partial charge in [0, 0.05) is 11.5 Å². The van der Waals surface area contributed by atoms with Crippen molar-refractivity contribution >= 4 is 5.57 Å². The Morgan fingerprint density at radius 1 is 0.692 bits per heavy atom. The molecule has 0 amide bonds. The highest BCUT2D eigenvalue weighted by atomic mass is 19.2. The minimum Gasteiger partial charge on any atom is -0.360 e. The van der Waals surface area contributed by atoms with Crippen molar-refractivity contribution in [2.75, 3.05) is 0 Å². The van der Waals surface area contributed by atoms with Gasteiger partial charge >= 0.3 is 0 Å². The molecule has 4 bridgehead atoms. The molecule has 0 aliphatic heterocycles. The fourth-order valence-corrected chi connectivity index (χ4v) is 4.42. The molecule has 26 heavy (non-hydrogen) atoms. The molecule has 2 N–H and O–H groups in total. The molecule has 1 aromatic rings. The summed E-state index contributed by atoms with van der Waals surface area (Å²) in [6.45, 7) is 0. The summed E-state index contributed by atoms with van der Waals surface area (Å²) >= 11 is 0. The average molecular weight is 390 g/mol. The molecule has 0 saturated heterocycles. The van der Waals surface area contributed by atoms with Crippen molar-refractivity contribution in [2.24, 2.45) is 5.92 Å². The maximum Gasteiger partial charge on any atom is 0.240 e. The summed E-state index contributed by atoms with van der Waals surface area (Å²) in [5, 5.41) is 19.1. The minimum absolute atomic E-state index is 1.28. The molecular formula is C15H7F9O2. The summed E-state index contributed by atoms with van der Waals surface area (Å²) in [5.74, 6) is -20.8. The molecule has 2 nitrogen and oxygen atoms in total. The van der Waals surface area contributed by atoms with Gasteiger partial charge in [-0.15, -0.1) is 0 Å². The lowest BCUT2D eigenvalue weighted by Crippen LogP contribution is -2.94. The van der Waals surface area contributed by atoms with E-state index < -0.39 is 87.6 Å². The van der Waals surface area contributed by atoms with Crippen molar-refractivity contribution in [3.05, 3.63) is 40.5 Å². The van der Waals surface area contributed by atoms with Crippen molar-refractivity contribution in [2.45, 2.75) is 35.6 Å².